The van der Waals surface area contributed by atoms with Gasteiger partial charge in [0.15, 0.2) is 0 Å². The zero-order valence-corrected chi connectivity index (χ0v) is 10.9. The van der Waals surface area contributed by atoms with E-state index in [0.29, 0.717) is 10.6 Å². The molecule has 100 valence electrons. The van der Waals surface area contributed by atoms with Crippen LogP contribution in [0.3, 0.4) is 0 Å². The lowest BCUT2D eigenvalue weighted by Gasteiger charge is -2.20. The van der Waals surface area contributed by atoms with Crippen molar-refractivity contribution in [2.24, 2.45) is 0 Å². The molecule has 0 bridgehead atoms. The summed E-state index contributed by atoms with van der Waals surface area (Å²) in [5.74, 6) is -2.27. The van der Waals surface area contributed by atoms with E-state index in [1.165, 1.54) is 24.3 Å². The summed E-state index contributed by atoms with van der Waals surface area (Å²) < 4.78 is 11.3. The van der Waals surface area contributed by atoms with Gasteiger partial charge >= 0.3 is 13.6 Å². The van der Waals surface area contributed by atoms with Crippen molar-refractivity contribution in [3.63, 3.8) is 0 Å². The number of halogens is 1. The maximum Gasteiger partial charge on any atom is 0.346 e. The second-order valence-electron chi connectivity index (χ2n) is 3.64. The van der Waals surface area contributed by atoms with Crippen molar-refractivity contribution >= 4 is 25.2 Å². The van der Waals surface area contributed by atoms with Gasteiger partial charge in [-0.2, -0.15) is 0 Å². The van der Waals surface area contributed by atoms with Crippen molar-refractivity contribution in [1.82, 2.24) is 5.32 Å². The highest BCUT2D eigenvalue weighted by molar-refractivity contribution is 7.52. The average molecular weight is 294 g/mol. The molecule has 1 rings (SSSR count). The predicted octanol–water partition coefficient (Wildman–Crippen LogP) is 1.58. The average Bonchev–Trinajstić information content (AvgIpc) is 2.24. The Labute approximate surface area is 109 Å². The number of hydrogen-bond acceptors (Lipinski definition) is 3. The van der Waals surface area contributed by atoms with Crippen LogP contribution in [-0.4, -0.2) is 27.4 Å². The highest BCUT2D eigenvalue weighted by atomic mass is 35.5. The Balaban J connectivity index is 2.82. The van der Waals surface area contributed by atoms with Crippen LogP contribution >= 0.6 is 19.2 Å². The molecule has 4 N–H and O–H groups in total. The fourth-order valence-electron chi connectivity index (χ4n) is 1.39. The van der Waals surface area contributed by atoms with Crippen LogP contribution in [0.1, 0.15) is 17.8 Å². The van der Waals surface area contributed by atoms with Gasteiger partial charge in [-0.15, -0.1) is 0 Å². The van der Waals surface area contributed by atoms with E-state index >= 15 is 0 Å². The molecule has 1 aromatic rings. The van der Waals surface area contributed by atoms with Gasteiger partial charge in [0.05, 0.1) is 6.42 Å². The Morgan fingerprint density at radius 1 is 1.33 bits per heavy atom. The first-order chi connectivity index (χ1) is 8.30. The van der Waals surface area contributed by atoms with Crippen LogP contribution in [0.2, 0.25) is 5.02 Å². The third kappa shape index (κ3) is 4.76. The molecule has 0 heterocycles. The van der Waals surface area contributed by atoms with E-state index in [4.69, 9.17) is 16.7 Å². The van der Waals surface area contributed by atoms with Gasteiger partial charge in [0, 0.05) is 11.6 Å². The molecule has 0 aliphatic rings. The third-order valence-corrected chi connectivity index (χ3v) is 3.60. The summed E-state index contributed by atoms with van der Waals surface area (Å²) in [7, 11) is -4.42. The molecule has 0 amide bonds. The summed E-state index contributed by atoms with van der Waals surface area (Å²) in [6.45, 7) is -0.0340. The Kier molecular flexibility index (Phi) is 5.31. The van der Waals surface area contributed by atoms with Crippen molar-refractivity contribution < 1.29 is 24.3 Å². The molecule has 1 unspecified atom stereocenters. The first kappa shape index (κ1) is 15.1. The molecule has 0 radical (unpaired) electrons. The Morgan fingerprint density at radius 2 is 1.89 bits per heavy atom. The topological polar surface area (TPSA) is 107 Å². The van der Waals surface area contributed by atoms with E-state index in [1.807, 2.05) is 0 Å². The molecule has 8 heteroatoms. The highest BCUT2D eigenvalue weighted by Gasteiger charge is 2.29. The zero-order valence-electron chi connectivity index (χ0n) is 9.28. The molecule has 6 nitrogen and oxygen atoms in total. The Morgan fingerprint density at radius 3 is 2.33 bits per heavy atom. The zero-order chi connectivity index (χ0) is 13.8. The second-order valence-corrected chi connectivity index (χ2v) is 5.77. The third-order valence-electron chi connectivity index (χ3n) is 2.20. The van der Waals surface area contributed by atoms with Gasteiger partial charge < -0.3 is 14.9 Å². The maximum absolute atomic E-state index is 11.3. The fourth-order valence-corrected chi connectivity index (χ4v) is 2.45. The van der Waals surface area contributed by atoms with Crippen LogP contribution in [-0.2, 0) is 9.36 Å². The minimum absolute atomic E-state index is 0.0340. The number of carbonyl (C=O) groups is 1. The lowest BCUT2D eigenvalue weighted by atomic mass is 10.2. The highest BCUT2D eigenvalue weighted by Crippen LogP contribution is 2.49. The number of rotatable bonds is 6. The molecule has 0 spiro atoms. The minimum Gasteiger partial charge on any atom is -0.481 e. The van der Waals surface area contributed by atoms with Gasteiger partial charge in [-0.1, -0.05) is 23.7 Å². The van der Waals surface area contributed by atoms with Crippen molar-refractivity contribution in [2.45, 2.75) is 12.2 Å². The van der Waals surface area contributed by atoms with E-state index in [-0.39, 0.29) is 13.0 Å². The number of hydrogen-bond donors (Lipinski definition) is 4. The van der Waals surface area contributed by atoms with Crippen LogP contribution in [0.4, 0.5) is 0 Å². The van der Waals surface area contributed by atoms with Gasteiger partial charge in [-0.05, 0) is 17.7 Å². The first-order valence-corrected chi connectivity index (χ1v) is 7.12. The van der Waals surface area contributed by atoms with Crippen molar-refractivity contribution in [3.8, 4) is 0 Å². The molecule has 0 fully saturated rings. The van der Waals surface area contributed by atoms with Gasteiger partial charge in [0.25, 0.3) is 0 Å². The molecule has 1 atom stereocenters. The van der Waals surface area contributed by atoms with Gasteiger partial charge in [-0.3, -0.25) is 14.7 Å². The largest absolute Gasteiger partial charge is 0.481 e. The standard InChI is InChI=1S/C10H13ClNO5P/c11-8-3-1-7(2-4-8)10(18(15,16)17)12-6-5-9(13)14/h1-4,10,12H,5-6H2,(H,13,14)(H2,15,16,17). The maximum atomic E-state index is 11.3. The second kappa shape index (κ2) is 6.31. The molecule has 1 aromatic carbocycles. The summed E-state index contributed by atoms with van der Waals surface area (Å²) in [5, 5.41) is 11.5. The number of aliphatic carboxylic acids is 1. The number of nitrogens with one attached hydrogen (secondary N) is 1. The van der Waals surface area contributed by atoms with E-state index < -0.39 is 19.3 Å². The number of carboxylic acid groups (broad SMARTS) is 1. The van der Waals surface area contributed by atoms with Crippen LogP contribution in [0, 0.1) is 0 Å². The van der Waals surface area contributed by atoms with Crippen LogP contribution in [0.25, 0.3) is 0 Å². The van der Waals surface area contributed by atoms with Gasteiger partial charge in [0.1, 0.15) is 5.78 Å². The van der Waals surface area contributed by atoms with E-state index in [9.17, 15) is 19.1 Å². The van der Waals surface area contributed by atoms with E-state index in [1.54, 1.807) is 0 Å². The lowest BCUT2D eigenvalue weighted by Crippen LogP contribution is -2.24. The van der Waals surface area contributed by atoms with Crippen LogP contribution in [0.15, 0.2) is 24.3 Å². The Bertz CT molecular complexity index is 458. The van der Waals surface area contributed by atoms with Gasteiger partial charge in [0.2, 0.25) is 0 Å². The smallest absolute Gasteiger partial charge is 0.346 e. The molecule has 0 saturated heterocycles. The molecule has 0 aliphatic carbocycles. The van der Waals surface area contributed by atoms with Gasteiger partial charge in [-0.25, -0.2) is 0 Å². The van der Waals surface area contributed by atoms with Crippen molar-refractivity contribution in [3.05, 3.63) is 34.9 Å². The molecular weight excluding hydrogens is 281 g/mol. The number of carboxylic acids is 1. The SMILES string of the molecule is O=C(O)CCNC(c1ccc(Cl)cc1)P(=O)(O)O. The quantitative estimate of drug-likeness (QED) is 0.593. The first-order valence-electron chi connectivity index (χ1n) is 5.06. The summed E-state index contributed by atoms with van der Waals surface area (Å²) in [6.07, 6.45) is -0.218. The van der Waals surface area contributed by atoms with Crippen molar-refractivity contribution in [2.75, 3.05) is 6.54 Å². The summed E-state index contributed by atoms with van der Waals surface area (Å²) in [4.78, 5) is 28.8. The van der Waals surface area contributed by atoms with E-state index in [2.05, 4.69) is 5.32 Å². The van der Waals surface area contributed by atoms with Crippen LogP contribution < -0.4 is 5.32 Å². The predicted molar refractivity (Wildman–Crippen MR) is 66.5 cm³/mol. The molecule has 0 saturated carbocycles. The summed E-state index contributed by atoms with van der Waals surface area (Å²) >= 11 is 5.68. The normalized spacial score (nSPS) is 13.3. The lowest BCUT2D eigenvalue weighted by molar-refractivity contribution is -0.136. The van der Waals surface area contributed by atoms with E-state index in [0.717, 1.165) is 0 Å². The number of benzene rings is 1. The van der Waals surface area contributed by atoms with Crippen LogP contribution in [0.5, 0.6) is 0 Å². The molecule has 0 aliphatic heterocycles. The van der Waals surface area contributed by atoms with Crippen molar-refractivity contribution in [1.29, 1.82) is 0 Å². The monoisotopic (exact) mass is 293 g/mol. The summed E-state index contributed by atoms with van der Waals surface area (Å²) in [5.41, 5.74) is 0.359. The Hall–Kier alpha value is -0.910. The molecule has 18 heavy (non-hydrogen) atoms. The summed E-state index contributed by atoms with van der Waals surface area (Å²) in [6, 6.07) is 6.00. The molecular formula is C10H13ClNO5P. The molecule has 0 aromatic heterocycles. The fraction of sp³-hybridized carbons (Fsp3) is 0.300. The minimum atomic E-state index is -4.42.